The minimum Gasteiger partial charge on any atom is -0.385 e. The van der Waals surface area contributed by atoms with Gasteiger partial charge in [0.05, 0.1) is 0 Å². The molecule has 1 aliphatic rings. The molecule has 0 spiro atoms. The van der Waals surface area contributed by atoms with E-state index in [2.05, 4.69) is 42.7 Å². The van der Waals surface area contributed by atoms with Gasteiger partial charge in [0, 0.05) is 18.8 Å². The van der Waals surface area contributed by atoms with Crippen LogP contribution in [-0.2, 0) is 13.0 Å². The Kier molecular flexibility index (Phi) is 7.08. The van der Waals surface area contributed by atoms with E-state index in [-0.39, 0.29) is 0 Å². The number of fused-ring (bicyclic) bond motifs is 1. The van der Waals surface area contributed by atoms with Gasteiger partial charge in [-0.2, -0.15) is 0 Å². The van der Waals surface area contributed by atoms with E-state index < -0.39 is 0 Å². The third kappa shape index (κ3) is 5.70. The van der Waals surface area contributed by atoms with Crippen LogP contribution in [0.1, 0.15) is 63.5 Å². The van der Waals surface area contributed by atoms with Crippen molar-refractivity contribution in [3.8, 4) is 0 Å². The summed E-state index contributed by atoms with van der Waals surface area (Å²) in [6.45, 7) is 7.90. The molecule has 0 aliphatic carbocycles. The molecule has 0 bridgehead atoms. The van der Waals surface area contributed by atoms with Gasteiger partial charge in [-0.1, -0.05) is 57.7 Å². The monoisotopic (exact) mass is 288 g/mol. The van der Waals surface area contributed by atoms with Crippen molar-refractivity contribution in [1.29, 1.82) is 0 Å². The first-order chi connectivity index (χ1) is 10.3. The van der Waals surface area contributed by atoms with E-state index in [1.165, 1.54) is 61.8 Å². The summed E-state index contributed by atoms with van der Waals surface area (Å²) >= 11 is 0. The summed E-state index contributed by atoms with van der Waals surface area (Å²) in [5, 5.41) is 7.18. The van der Waals surface area contributed by atoms with Gasteiger partial charge in [-0.25, -0.2) is 0 Å². The van der Waals surface area contributed by atoms with Crippen LogP contribution in [0.15, 0.2) is 18.2 Å². The molecule has 1 aliphatic heterocycles. The van der Waals surface area contributed by atoms with Gasteiger partial charge in [-0.15, -0.1) is 0 Å². The molecule has 2 nitrogen and oxygen atoms in total. The molecule has 1 aromatic carbocycles. The molecule has 118 valence electrons. The van der Waals surface area contributed by atoms with Crippen LogP contribution in [0.25, 0.3) is 0 Å². The smallest absolute Gasteiger partial charge is 0.0418 e. The number of para-hydroxylation sites is 1. The minimum absolute atomic E-state index is 0.861. The van der Waals surface area contributed by atoms with Crippen LogP contribution >= 0.6 is 0 Å². The van der Waals surface area contributed by atoms with E-state index in [0.717, 1.165) is 25.6 Å². The molecule has 0 saturated carbocycles. The summed E-state index contributed by atoms with van der Waals surface area (Å²) in [6, 6.07) is 6.72. The lowest BCUT2D eigenvalue weighted by Gasteiger charge is -2.21. The fraction of sp³-hybridized carbons (Fsp3) is 0.684. The number of unbranched alkanes of at least 4 members (excludes halogenated alkanes) is 3. The first-order valence-corrected chi connectivity index (χ1v) is 8.82. The quantitative estimate of drug-likeness (QED) is 0.641. The predicted molar refractivity (Wildman–Crippen MR) is 92.9 cm³/mol. The Morgan fingerprint density at radius 1 is 1.14 bits per heavy atom. The first-order valence-electron chi connectivity index (χ1n) is 8.82. The Hall–Kier alpha value is -1.02. The number of nitrogens with one attached hydrogen (secondary N) is 2. The topological polar surface area (TPSA) is 24.1 Å². The highest BCUT2D eigenvalue weighted by molar-refractivity contribution is 5.59. The van der Waals surface area contributed by atoms with Gasteiger partial charge < -0.3 is 10.6 Å². The fourth-order valence-electron chi connectivity index (χ4n) is 3.11. The van der Waals surface area contributed by atoms with Crippen molar-refractivity contribution in [3.63, 3.8) is 0 Å². The Balaban J connectivity index is 1.61. The third-order valence-corrected chi connectivity index (χ3v) is 4.36. The van der Waals surface area contributed by atoms with Crippen LogP contribution in [0.2, 0.25) is 0 Å². The average Bonchev–Trinajstić information content (AvgIpc) is 2.50. The van der Waals surface area contributed by atoms with Crippen molar-refractivity contribution in [3.05, 3.63) is 29.3 Å². The van der Waals surface area contributed by atoms with Crippen molar-refractivity contribution in [2.75, 3.05) is 18.4 Å². The SMILES string of the molecule is CC(C)CCCCCCNCc1cccc2c1NCCC2. The number of benzene rings is 1. The highest BCUT2D eigenvalue weighted by Crippen LogP contribution is 2.25. The van der Waals surface area contributed by atoms with Crippen molar-refractivity contribution in [2.45, 2.75) is 65.3 Å². The fourth-order valence-corrected chi connectivity index (χ4v) is 3.11. The van der Waals surface area contributed by atoms with Crippen molar-refractivity contribution >= 4 is 5.69 Å². The number of aryl methyl sites for hydroxylation is 1. The number of rotatable bonds is 9. The number of hydrogen-bond donors (Lipinski definition) is 2. The molecule has 0 aromatic heterocycles. The molecule has 0 saturated heterocycles. The highest BCUT2D eigenvalue weighted by atomic mass is 14.9. The lowest BCUT2D eigenvalue weighted by Crippen LogP contribution is -2.19. The van der Waals surface area contributed by atoms with Gasteiger partial charge in [0.2, 0.25) is 0 Å². The summed E-state index contributed by atoms with van der Waals surface area (Å²) in [5.74, 6) is 0.861. The standard InChI is InChI=1S/C19H32N2/c1-16(2)9-5-3-4-6-13-20-15-18-11-7-10-17-12-8-14-21-19(17)18/h7,10-11,16,20-21H,3-6,8-9,12-15H2,1-2H3. The molecule has 0 radical (unpaired) electrons. The summed E-state index contributed by atoms with van der Waals surface area (Å²) in [7, 11) is 0. The highest BCUT2D eigenvalue weighted by Gasteiger charge is 2.11. The number of hydrogen-bond acceptors (Lipinski definition) is 2. The molecular weight excluding hydrogens is 256 g/mol. The summed E-state index contributed by atoms with van der Waals surface area (Å²) in [5.41, 5.74) is 4.33. The lowest BCUT2D eigenvalue weighted by atomic mass is 9.99. The first kappa shape index (κ1) is 16.4. The second-order valence-electron chi connectivity index (χ2n) is 6.76. The maximum absolute atomic E-state index is 3.61. The normalized spacial score (nSPS) is 14.0. The van der Waals surface area contributed by atoms with E-state index in [1.807, 2.05) is 0 Å². The van der Waals surface area contributed by atoms with Crippen LogP contribution in [-0.4, -0.2) is 13.1 Å². The Labute approximate surface area is 130 Å². The second-order valence-corrected chi connectivity index (χ2v) is 6.76. The molecule has 0 fully saturated rings. The Morgan fingerprint density at radius 3 is 2.86 bits per heavy atom. The van der Waals surface area contributed by atoms with Crippen molar-refractivity contribution in [1.82, 2.24) is 5.32 Å². The lowest BCUT2D eigenvalue weighted by molar-refractivity contribution is 0.512. The molecule has 1 heterocycles. The largest absolute Gasteiger partial charge is 0.385 e. The zero-order valence-corrected chi connectivity index (χ0v) is 13.9. The average molecular weight is 288 g/mol. The third-order valence-electron chi connectivity index (χ3n) is 4.36. The van der Waals surface area contributed by atoms with E-state index in [1.54, 1.807) is 0 Å². The van der Waals surface area contributed by atoms with Gasteiger partial charge in [0.15, 0.2) is 0 Å². The minimum atomic E-state index is 0.861. The molecule has 2 N–H and O–H groups in total. The Bertz CT molecular complexity index is 412. The summed E-state index contributed by atoms with van der Waals surface area (Å²) < 4.78 is 0. The van der Waals surface area contributed by atoms with Crippen LogP contribution in [0.5, 0.6) is 0 Å². The molecule has 2 rings (SSSR count). The van der Waals surface area contributed by atoms with Gasteiger partial charge in [-0.3, -0.25) is 0 Å². The molecule has 0 unspecified atom stereocenters. The van der Waals surface area contributed by atoms with Gasteiger partial charge in [-0.05, 0) is 42.9 Å². The summed E-state index contributed by atoms with van der Waals surface area (Å²) in [6.07, 6.45) is 9.34. The molecule has 1 aromatic rings. The number of anilines is 1. The van der Waals surface area contributed by atoms with E-state index in [4.69, 9.17) is 0 Å². The second kappa shape index (κ2) is 9.09. The molecule has 0 amide bonds. The maximum Gasteiger partial charge on any atom is 0.0418 e. The van der Waals surface area contributed by atoms with Gasteiger partial charge in [0.1, 0.15) is 0 Å². The maximum atomic E-state index is 3.61. The molecule has 21 heavy (non-hydrogen) atoms. The summed E-state index contributed by atoms with van der Waals surface area (Å²) in [4.78, 5) is 0. The van der Waals surface area contributed by atoms with Crippen LogP contribution < -0.4 is 10.6 Å². The van der Waals surface area contributed by atoms with Crippen LogP contribution in [0.3, 0.4) is 0 Å². The van der Waals surface area contributed by atoms with E-state index >= 15 is 0 Å². The molecular formula is C19H32N2. The predicted octanol–water partition coefficient (Wildman–Crippen LogP) is 4.74. The van der Waals surface area contributed by atoms with E-state index in [0.29, 0.717) is 0 Å². The van der Waals surface area contributed by atoms with Crippen molar-refractivity contribution < 1.29 is 0 Å². The van der Waals surface area contributed by atoms with Crippen LogP contribution in [0.4, 0.5) is 5.69 Å². The molecule has 2 heteroatoms. The van der Waals surface area contributed by atoms with Gasteiger partial charge in [0.25, 0.3) is 0 Å². The van der Waals surface area contributed by atoms with Crippen LogP contribution in [0, 0.1) is 5.92 Å². The van der Waals surface area contributed by atoms with Crippen molar-refractivity contribution in [2.24, 2.45) is 5.92 Å². The van der Waals surface area contributed by atoms with E-state index in [9.17, 15) is 0 Å². The Morgan fingerprint density at radius 2 is 2.00 bits per heavy atom. The zero-order valence-electron chi connectivity index (χ0n) is 13.9. The zero-order chi connectivity index (χ0) is 14.9. The van der Waals surface area contributed by atoms with Gasteiger partial charge >= 0.3 is 0 Å². The molecule has 0 atom stereocenters.